The first-order chi connectivity index (χ1) is 10.0. The number of aryl methyl sites for hydroxylation is 2. The molecule has 0 amide bonds. The Hall–Kier alpha value is -2.11. The number of hydrogen-bond donors (Lipinski definition) is 3. The van der Waals surface area contributed by atoms with Crippen LogP contribution in [0.15, 0.2) is 36.4 Å². The van der Waals surface area contributed by atoms with Crippen molar-refractivity contribution in [2.45, 2.75) is 19.1 Å². The number of anilines is 1. The number of nitrogen functional groups attached to an aromatic ring is 1. The highest BCUT2D eigenvalue weighted by atomic mass is 19.1. The topological polar surface area (TPSA) is 75.7 Å². The summed E-state index contributed by atoms with van der Waals surface area (Å²) in [5, 5.41) is 18.6. The Bertz CT molecular complexity index is 612. The second-order valence-electron chi connectivity index (χ2n) is 4.77. The zero-order chi connectivity index (χ0) is 15.4. The minimum Gasteiger partial charge on any atom is -0.496 e. The maximum atomic E-state index is 14.3. The van der Waals surface area contributed by atoms with E-state index < -0.39 is 12.1 Å². The van der Waals surface area contributed by atoms with Gasteiger partial charge >= 0.3 is 0 Å². The molecule has 21 heavy (non-hydrogen) atoms. The summed E-state index contributed by atoms with van der Waals surface area (Å²) in [6.07, 6.45) is -0.833. The molecule has 2 aromatic rings. The minimum absolute atomic E-state index is 0.124. The summed E-state index contributed by atoms with van der Waals surface area (Å²) in [5.74, 6) is -0.515. The Morgan fingerprint density at radius 1 is 1.10 bits per heavy atom. The first-order valence-corrected chi connectivity index (χ1v) is 6.58. The van der Waals surface area contributed by atoms with Gasteiger partial charge in [0.15, 0.2) is 6.29 Å². The fourth-order valence-corrected chi connectivity index (χ4v) is 2.20. The SMILES string of the molecule is COc1ccc(CCc2ccc(N)cc2)c(F)c1C(O)O. The number of ether oxygens (including phenoxy) is 1. The molecular weight excluding hydrogens is 273 g/mol. The lowest BCUT2D eigenvalue weighted by molar-refractivity contribution is -0.0465. The summed E-state index contributed by atoms with van der Waals surface area (Å²) < 4.78 is 19.3. The molecule has 0 atom stereocenters. The monoisotopic (exact) mass is 291 g/mol. The number of aliphatic hydroxyl groups excluding tert-OH is 1. The molecular formula is C16H18FNO3. The number of aliphatic hydroxyl groups is 2. The van der Waals surface area contributed by atoms with Crippen molar-refractivity contribution < 1.29 is 19.3 Å². The second kappa shape index (κ2) is 6.56. The third kappa shape index (κ3) is 3.51. The van der Waals surface area contributed by atoms with Crippen LogP contribution in [0.5, 0.6) is 5.75 Å². The average Bonchev–Trinajstić information content (AvgIpc) is 2.47. The first-order valence-electron chi connectivity index (χ1n) is 6.58. The largest absolute Gasteiger partial charge is 0.496 e. The summed E-state index contributed by atoms with van der Waals surface area (Å²) in [6, 6.07) is 10.5. The van der Waals surface area contributed by atoms with E-state index in [4.69, 9.17) is 10.5 Å². The van der Waals surface area contributed by atoms with E-state index >= 15 is 0 Å². The van der Waals surface area contributed by atoms with Crippen molar-refractivity contribution >= 4 is 5.69 Å². The van der Waals surface area contributed by atoms with Crippen LogP contribution in [-0.2, 0) is 12.8 Å². The smallest absolute Gasteiger partial charge is 0.185 e. The molecule has 4 nitrogen and oxygen atoms in total. The van der Waals surface area contributed by atoms with E-state index in [1.54, 1.807) is 18.2 Å². The molecule has 0 aliphatic rings. The number of methoxy groups -OCH3 is 1. The lowest BCUT2D eigenvalue weighted by Crippen LogP contribution is -2.06. The molecule has 0 heterocycles. The lowest BCUT2D eigenvalue weighted by Gasteiger charge is -2.14. The Balaban J connectivity index is 2.20. The van der Waals surface area contributed by atoms with Gasteiger partial charge in [0.1, 0.15) is 11.6 Å². The van der Waals surface area contributed by atoms with Crippen LogP contribution in [0.3, 0.4) is 0 Å². The molecule has 0 bridgehead atoms. The summed E-state index contributed by atoms with van der Waals surface area (Å²) in [7, 11) is 1.36. The average molecular weight is 291 g/mol. The molecule has 2 rings (SSSR count). The molecule has 0 saturated heterocycles. The maximum Gasteiger partial charge on any atom is 0.185 e. The molecule has 0 saturated carbocycles. The molecule has 112 valence electrons. The lowest BCUT2D eigenvalue weighted by atomic mass is 10.0. The maximum absolute atomic E-state index is 14.3. The molecule has 0 aliphatic carbocycles. The van der Waals surface area contributed by atoms with Crippen LogP contribution < -0.4 is 10.5 Å². The van der Waals surface area contributed by atoms with Gasteiger partial charge in [-0.3, -0.25) is 0 Å². The molecule has 0 spiro atoms. The van der Waals surface area contributed by atoms with Crippen LogP contribution in [0.25, 0.3) is 0 Å². The quantitative estimate of drug-likeness (QED) is 0.583. The van der Waals surface area contributed by atoms with E-state index in [0.29, 0.717) is 24.1 Å². The molecule has 2 aromatic carbocycles. The fraction of sp³-hybridized carbons (Fsp3) is 0.250. The van der Waals surface area contributed by atoms with Crippen molar-refractivity contribution in [3.05, 3.63) is 58.9 Å². The van der Waals surface area contributed by atoms with Gasteiger partial charge in [-0.25, -0.2) is 4.39 Å². The van der Waals surface area contributed by atoms with Crippen LogP contribution in [0.1, 0.15) is 23.0 Å². The molecule has 0 unspecified atom stereocenters. The number of benzene rings is 2. The number of halogens is 1. The van der Waals surface area contributed by atoms with Gasteiger partial charge in [-0.2, -0.15) is 0 Å². The van der Waals surface area contributed by atoms with Gasteiger partial charge in [-0.15, -0.1) is 0 Å². The molecule has 4 N–H and O–H groups in total. The summed E-state index contributed by atoms with van der Waals surface area (Å²) in [6.45, 7) is 0. The summed E-state index contributed by atoms with van der Waals surface area (Å²) >= 11 is 0. The van der Waals surface area contributed by atoms with E-state index in [1.165, 1.54) is 13.2 Å². The molecule has 0 aromatic heterocycles. The first kappa shape index (κ1) is 15.3. The van der Waals surface area contributed by atoms with Crippen molar-refractivity contribution in [1.29, 1.82) is 0 Å². The molecule has 0 radical (unpaired) electrons. The van der Waals surface area contributed by atoms with Gasteiger partial charge in [0.25, 0.3) is 0 Å². The molecule has 5 heteroatoms. The summed E-state index contributed by atoms with van der Waals surface area (Å²) in [4.78, 5) is 0. The summed E-state index contributed by atoms with van der Waals surface area (Å²) in [5.41, 5.74) is 7.51. The van der Waals surface area contributed by atoms with Gasteiger partial charge in [-0.1, -0.05) is 18.2 Å². The van der Waals surface area contributed by atoms with Crippen molar-refractivity contribution in [2.24, 2.45) is 0 Å². The van der Waals surface area contributed by atoms with Gasteiger partial charge < -0.3 is 20.7 Å². The van der Waals surface area contributed by atoms with Crippen molar-refractivity contribution in [2.75, 3.05) is 12.8 Å². The predicted octanol–water partition coefficient (Wildman–Crippen LogP) is 2.18. The highest BCUT2D eigenvalue weighted by Gasteiger charge is 2.19. The number of hydrogen-bond acceptors (Lipinski definition) is 4. The van der Waals surface area contributed by atoms with Crippen LogP contribution in [-0.4, -0.2) is 17.3 Å². The van der Waals surface area contributed by atoms with Crippen LogP contribution in [0.2, 0.25) is 0 Å². The Labute approximate surface area is 122 Å². The fourth-order valence-electron chi connectivity index (χ4n) is 2.20. The third-order valence-corrected chi connectivity index (χ3v) is 3.36. The van der Waals surface area contributed by atoms with Crippen LogP contribution in [0.4, 0.5) is 10.1 Å². The third-order valence-electron chi connectivity index (χ3n) is 3.36. The van der Waals surface area contributed by atoms with Gasteiger partial charge in [0.2, 0.25) is 0 Å². The van der Waals surface area contributed by atoms with Crippen molar-refractivity contribution in [1.82, 2.24) is 0 Å². The minimum atomic E-state index is -1.91. The molecule has 0 fully saturated rings. The van der Waals surface area contributed by atoms with E-state index in [-0.39, 0.29) is 11.3 Å². The standard InChI is InChI=1S/C16H18FNO3/c1-21-13-9-6-11(15(17)14(13)16(19)20)5-2-10-3-7-12(18)8-4-10/h3-4,6-9,16,19-20H,2,5,18H2,1H3. The Morgan fingerprint density at radius 3 is 2.33 bits per heavy atom. The van der Waals surface area contributed by atoms with Crippen LogP contribution >= 0.6 is 0 Å². The van der Waals surface area contributed by atoms with E-state index in [0.717, 1.165) is 5.56 Å². The zero-order valence-corrected chi connectivity index (χ0v) is 11.7. The van der Waals surface area contributed by atoms with Gasteiger partial charge in [-0.05, 0) is 42.2 Å². The second-order valence-corrected chi connectivity index (χ2v) is 4.77. The van der Waals surface area contributed by atoms with Gasteiger partial charge in [0.05, 0.1) is 12.7 Å². The predicted molar refractivity (Wildman–Crippen MR) is 78.4 cm³/mol. The molecule has 0 aliphatic heterocycles. The number of rotatable bonds is 5. The zero-order valence-electron chi connectivity index (χ0n) is 11.7. The number of nitrogens with two attached hydrogens (primary N) is 1. The van der Waals surface area contributed by atoms with E-state index in [9.17, 15) is 14.6 Å². The highest BCUT2D eigenvalue weighted by molar-refractivity contribution is 5.41. The normalized spacial score (nSPS) is 10.9. The van der Waals surface area contributed by atoms with E-state index in [1.807, 2.05) is 12.1 Å². The Kier molecular flexibility index (Phi) is 4.77. The Morgan fingerprint density at radius 2 is 1.76 bits per heavy atom. The highest BCUT2D eigenvalue weighted by Crippen LogP contribution is 2.29. The van der Waals surface area contributed by atoms with E-state index in [2.05, 4.69) is 0 Å². The van der Waals surface area contributed by atoms with Crippen molar-refractivity contribution in [3.8, 4) is 5.75 Å². The van der Waals surface area contributed by atoms with Gasteiger partial charge in [0, 0.05) is 5.69 Å². The van der Waals surface area contributed by atoms with Crippen LogP contribution in [0, 0.1) is 5.82 Å². The van der Waals surface area contributed by atoms with Crippen molar-refractivity contribution in [3.63, 3.8) is 0 Å².